The quantitative estimate of drug-likeness (QED) is 0.357. The highest BCUT2D eigenvalue weighted by atomic mass is 19.4. The van der Waals surface area contributed by atoms with Gasteiger partial charge in [0.2, 0.25) is 5.88 Å². The van der Waals surface area contributed by atoms with Crippen molar-refractivity contribution in [1.82, 2.24) is 19.8 Å². The van der Waals surface area contributed by atoms with E-state index < -0.39 is 29.0 Å². The summed E-state index contributed by atoms with van der Waals surface area (Å²) >= 11 is 0. The summed E-state index contributed by atoms with van der Waals surface area (Å²) < 4.78 is 60.4. The van der Waals surface area contributed by atoms with E-state index in [9.17, 15) is 27.2 Å². The Bertz CT molecular complexity index is 1580. The molecule has 5 rings (SSSR count). The largest absolute Gasteiger partial charge is 0.439 e. The molecule has 1 aliphatic rings. The molecule has 1 aliphatic heterocycles. The summed E-state index contributed by atoms with van der Waals surface area (Å²) in [5, 5.41) is 4.11. The molecule has 1 N–H and O–H groups in total. The number of benzene rings is 2. The van der Waals surface area contributed by atoms with Crippen molar-refractivity contribution in [3.05, 3.63) is 83.4 Å². The van der Waals surface area contributed by atoms with Crippen LogP contribution in [0.2, 0.25) is 0 Å². The molecule has 3 heterocycles. The van der Waals surface area contributed by atoms with Crippen molar-refractivity contribution in [2.45, 2.75) is 6.18 Å². The van der Waals surface area contributed by atoms with Crippen molar-refractivity contribution >= 4 is 28.4 Å². The lowest BCUT2D eigenvalue weighted by atomic mass is 10.1. The van der Waals surface area contributed by atoms with E-state index in [1.165, 1.54) is 25.4 Å². The van der Waals surface area contributed by atoms with Crippen molar-refractivity contribution in [3.8, 4) is 11.6 Å². The molecule has 0 aliphatic carbocycles. The molecule has 0 atom stereocenters. The molecule has 2 aromatic carbocycles. The number of halogens is 4. The molecule has 0 bridgehead atoms. The molecular weight excluding hydrogens is 530 g/mol. The average molecular weight is 556 g/mol. The molecule has 4 aromatic rings. The minimum Gasteiger partial charge on any atom is -0.439 e. The van der Waals surface area contributed by atoms with E-state index in [2.05, 4.69) is 10.3 Å². The number of aromatic nitrogens is 2. The Hall–Kier alpha value is -4.45. The lowest BCUT2D eigenvalue weighted by Crippen LogP contribution is -2.46. The fourth-order valence-corrected chi connectivity index (χ4v) is 4.52. The maximum atomic E-state index is 14.3. The van der Waals surface area contributed by atoms with Crippen LogP contribution >= 0.6 is 0 Å². The number of hydrogen-bond donors (Lipinski definition) is 1. The van der Waals surface area contributed by atoms with Gasteiger partial charge in [-0.1, -0.05) is 0 Å². The van der Waals surface area contributed by atoms with E-state index in [-0.39, 0.29) is 17.5 Å². The Morgan fingerprint density at radius 1 is 1.02 bits per heavy atom. The van der Waals surface area contributed by atoms with Gasteiger partial charge in [-0.15, -0.1) is 0 Å². The van der Waals surface area contributed by atoms with Crippen molar-refractivity contribution in [2.75, 3.05) is 38.1 Å². The number of nitrogens with zero attached hydrogens (tertiary/aromatic N) is 4. The van der Waals surface area contributed by atoms with Crippen LogP contribution in [-0.4, -0.2) is 59.5 Å². The molecule has 0 spiro atoms. The van der Waals surface area contributed by atoms with Crippen LogP contribution in [0.1, 0.15) is 26.4 Å². The van der Waals surface area contributed by atoms with E-state index >= 15 is 0 Å². The van der Waals surface area contributed by atoms with Gasteiger partial charge < -0.3 is 24.4 Å². The molecule has 40 heavy (non-hydrogen) atoms. The van der Waals surface area contributed by atoms with E-state index in [1.807, 2.05) is 28.6 Å². The number of alkyl halides is 3. The summed E-state index contributed by atoms with van der Waals surface area (Å²) in [7, 11) is 3.18. The number of hydrogen-bond acceptors (Lipinski definition) is 5. The first-order valence-corrected chi connectivity index (χ1v) is 12.4. The molecular formula is C28H25F4N5O3. The summed E-state index contributed by atoms with van der Waals surface area (Å²) in [4.78, 5) is 32.8. The number of piperazine rings is 1. The fraction of sp³-hybridized carbons (Fsp3) is 0.250. The van der Waals surface area contributed by atoms with Crippen LogP contribution in [0, 0.1) is 5.82 Å². The maximum absolute atomic E-state index is 14.3. The third kappa shape index (κ3) is 5.34. The van der Waals surface area contributed by atoms with Gasteiger partial charge >= 0.3 is 6.18 Å². The molecule has 0 unspecified atom stereocenters. The Morgan fingerprint density at radius 2 is 1.77 bits per heavy atom. The lowest BCUT2D eigenvalue weighted by molar-refractivity contribution is -0.137. The first kappa shape index (κ1) is 27.1. The van der Waals surface area contributed by atoms with Crippen molar-refractivity contribution < 1.29 is 31.9 Å². The number of anilines is 1. The van der Waals surface area contributed by atoms with Gasteiger partial charge in [0.25, 0.3) is 11.8 Å². The third-order valence-corrected chi connectivity index (χ3v) is 6.80. The van der Waals surface area contributed by atoms with Gasteiger partial charge in [-0.3, -0.25) is 9.59 Å². The van der Waals surface area contributed by atoms with Gasteiger partial charge in [0.05, 0.1) is 28.5 Å². The molecule has 8 nitrogen and oxygen atoms in total. The summed E-state index contributed by atoms with van der Waals surface area (Å²) in [6.45, 7) is 2.82. The van der Waals surface area contributed by atoms with Crippen molar-refractivity contribution in [3.63, 3.8) is 0 Å². The topological polar surface area (TPSA) is 79.7 Å². The molecule has 0 saturated carbocycles. The number of amides is 2. The molecule has 1 saturated heterocycles. The molecule has 2 aromatic heterocycles. The molecule has 12 heteroatoms. The van der Waals surface area contributed by atoms with E-state index in [0.29, 0.717) is 36.7 Å². The summed E-state index contributed by atoms with van der Waals surface area (Å²) in [6.07, 6.45) is -3.38. The Kier molecular flexibility index (Phi) is 7.19. The standard InChI is InChI=1S/C28H25F4N5O3/c1-35(26(38)21-7-4-18(14-22(21)29)28(30,31)32)19-5-8-25(34-16-19)40-20-6-3-17-13-24(36(2)23(17)15-20)27(39)37-11-9-33-10-12-37/h3-8,13-16,33H,9-12H2,1-2H3. The first-order valence-electron chi connectivity index (χ1n) is 12.4. The van der Waals surface area contributed by atoms with Crippen LogP contribution in [0.3, 0.4) is 0 Å². The van der Waals surface area contributed by atoms with Gasteiger partial charge in [0.15, 0.2) is 0 Å². The Balaban J connectivity index is 1.30. The smallest absolute Gasteiger partial charge is 0.416 e. The number of carbonyl (C=O) groups excluding carboxylic acids is 2. The molecule has 0 radical (unpaired) electrons. The number of fused-ring (bicyclic) bond motifs is 1. The van der Waals surface area contributed by atoms with E-state index in [0.717, 1.165) is 35.0 Å². The van der Waals surface area contributed by atoms with Crippen LogP contribution in [-0.2, 0) is 13.2 Å². The Labute approximate surface area is 226 Å². The van der Waals surface area contributed by atoms with Gasteiger partial charge in [0.1, 0.15) is 17.3 Å². The van der Waals surface area contributed by atoms with Crippen LogP contribution in [0.25, 0.3) is 10.9 Å². The van der Waals surface area contributed by atoms with E-state index in [1.54, 1.807) is 12.1 Å². The highest BCUT2D eigenvalue weighted by Gasteiger charge is 2.32. The minimum atomic E-state index is -4.72. The third-order valence-electron chi connectivity index (χ3n) is 6.80. The predicted octanol–water partition coefficient (Wildman–Crippen LogP) is 4.85. The van der Waals surface area contributed by atoms with E-state index in [4.69, 9.17) is 4.74 Å². The highest BCUT2D eigenvalue weighted by Crippen LogP contribution is 2.31. The van der Waals surface area contributed by atoms with Gasteiger partial charge in [0, 0.05) is 57.8 Å². The number of rotatable bonds is 5. The zero-order valence-electron chi connectivity index (χ0n) is 21.6. The number of nitrogens with one attached hydrogen (secondary N) is 1. The van der Waals surface area contributed by atoms with Crippen molar-refractivity contribution in [1.29, 1.82) is 0 Å². The molecule has 2 amide bonds. The van der Waals surface area contributed by atoms with Crippen LogP contribution in [0.4, 0.5) is 23.2 Å². The highest BCUT2D eigenvalue weighted by molar-refractivity contribution is 6.06. The molecule has 208 valence electrons. The van der Waals surface area contributed by atoms with Crippen LogP contribution < -0.4 is 15.0 Å². The monoisotopic (exact) mass is 555 g/mol. The zero-order valence-corrected chi connectivity index (χ0v) is 21.6. The first-order chi connectivity index (χ1) is 19.0. The minimum absolute atomic E-state index is 0.0326. The maximum Gasteiger partial charge on any atom is 0.416 e. The van der Waals surface area contributed by atoms with Gasteiger partial charge in [-0.2, -0.15) is 13.2 Å². The SMILES string of the molecule is CN(C(=O)c1ccc(C(F)(F)F)cc1F)c1ccc(Oc2ccc3cc(C(=O)N4CCNCC4)n(C)c3c2)nc1. The second kappa shape index (κ2) is 10.6. The number of carbonyl (C=O) groups is 2. The fourth-order valence-electron chi connectivity index (χ4n) is 4.52. The molecule has 1 fully saturated rings. The average Bonchev–Trinajstić information content (AvgIpc) is 3.27. The number of aryl methyl sites for hydroxylation is 1. The number of pyridine rings is 1. The lowest BCUT2D eigenvalue weighted by Gasteiger charge is -2.27. The Morgan fingerprint density at radius 3 is 2.42 bits per heavy atom. The predicted molar refractivity (Wildman–Crippen MR) is 140 cm³/mol. The number of ether oxygens (including phenoxy) is 1. The zero-order chi connectivity index (χ0) is 28.6. The van der Waals surface area contributed by atoms with Gasteiger partial charge in [-0.25, -0.2) is 9.37 Å². The van der Waals surface area contributed by atoms with Gasteiger partial charge in [-0.05, 0) is 42.5 Å². The summed E-state index contributed by atoms with van der Waals surface area (Å²) in [6, 6.07) is 12.0. The van der Waals surface area contributed by atoms with Crippen molar-refractivity contribution in [2.24, 2.45) is 7.05 Å². The van der Waals surface area contributed by atoms with Crippen LogP contribution in [0.15, 0.2) is 60.8 Å². The van der Waals surface area contributed by atoms with Crippen LogP contribution in [0.5, 0.6) is 11.6 Å². The second-order valence-corrected chi connectivity index (χ2v) is 9.36. The summed E-state index contributed by atoms with van der Waals surface area (Å²) in [5.74, 6) is -1.44. The summed E-state index contributed by atoms with van der Waals surface area (Å²) in [5.41, 5.74) is -0.0133. The second-order valence-electron chi connectivity index (χ2n) is 9.36. The normalized spacial score (nSPS) is 13.9.